The number of hydrogen-bond donors (Lipinski definition) is 2. The van der Waals surface area contributed by atoms with Gasteiger partial charge < -0.3 is 19.8 Å². The summed E-state index contributed by atoms with van der Waals surface area (Å²) in [5, 5.41) is 16.5. The van der Waals surface area contributed by atoms with E-state index in [0.29, 0.717) is 18.9 Å². The van der Waals surface area contributed by atoms with Crippen molar-refractivity contribution < 1.29 is 9.63 Å². The minimum absolute atomic E-state index is 0.00982. The van der Waals surface area contributed by atoms with Gasteiger partial charge >= 0.3 is 0 Å². The first-order valence-corrected chi connectivity index (χ1v) is 5.54. The van der Waals surface area contributed by atoms with Crippen LogP contribution in [0.15, 0.2) is 4.52 Å². The molecule has 2 atom stereocenters. The molecule has 1 fully saturated rings. The molecule has 0 bridgehead atoms. The van der Waals surface area contributed by atoms with E-state index >= 15 is 0 Å². The number of hydrogen-bond acceptors (Lipinski definition) is 6. The third-order valence-corrected chi connectivity index (χ3v) is 2.67. The van der Waals surface area contributed by atoms with Gasteiger partial charge in [-0.15, -0.1) is 0 Å². The van der Waals surface area contributed by atoms with E-state index in [-0.39, 0.29) is 12.1 Å². The monoisotopic (exact) mass is 226 g/mol. The smallest absolute Gasteiger partial charge is 0.243 e. The quantitative estimate of drug-likeness (QED) is 0.725. The molecule has 2 rings (SSSR count). The summed E-state index contributed by atoms with van der Waals surface area (Å²) in [6.07, 6.45) is 1.13. The fraction of sp³-hybridized carbons (Fsp3) is 0.800. The molecule has 2 heterocycles. The summed E-state index contributed by atoms with van der Waals surface area (Å²) in [6.45, 7) is 1.50. The molecule has 6 heteroatoms. The zero-order chi connectivity index (χ0) is 11.5. The largest absolute Gasteiger partial charge is 0.392 e. The Balaban J connectivity index is 1.91. The summed E-state index contributed by atoms with van der Waals surface area (Å²) in [7, 11) is 4.02. The first-order valence-electron chi connectivity index (χ1n) is 5.54. The summed E-state index contributed by atoms with van der Waals surface area (Å²) in [6, 6.07) is 0.00982. The molecule has 0 aromatic carbocycles. The zero-order valence-electron chi connectivity index (χ0n) is 9.68. The molecule has 0 unspecified atom stereocenters. The van der Waals surface area contributed by atoms with Gasteiger partial charge in [0, 0.05) is 19.5 Å². The molecular weight excluding hydrogens is 208 g/mol. The molecule has 6 nitrogen and oxygen atoms in total. The average molecular weight is 226 g/mol. The second kappa shape index (κ2) is 4.90. The van der Waals surface area contributed by atoms with E-state index in [2.05, 4.69) is 20.4 Å². The Bertz CT molecular complexity index is 339. The molecule has 2 N–H and O–H groups in total. The van der Waals surface area contributed by atoms with Crippen molar-refractivity contribution in [1.29, 1.82) is 0 Å². The van der Waals surface area contributed by atoms with Crippen LogP contribution in [0.3, 0.4) is 0 Å². The third kappa shape index (κ3) is 2.78. The molecule has 0 radical (unpaired) electrons. The molecule has 0 spiro atoms. The lowest BCUT2D eigenvalue weighted by Gasteiger charge is -2.05. The predicted molar refractivity (Wildman–Crippen MR) is 57.9 cm³/mol. The Morgan fingerprint density at radius 3 is 3.00 bits per heavy atom. The molecule has 1 saturated heterocycles. The highest BCUT2D eigenvalue weighted by molar-refractivity contribution is 4.97. The second-order valence-corrected chi connectivity index (χ2v) is 4.45. The second-order valence-electron chi connectivity index (χ2n) is 4.45. The molecule has 1 aromatic heterocycles. The van der Waals surface area contributed by atoms with Crippen molar-refractivity contribution in [2.24, 2.45) is 0 Å². The lowest BCUT2D eigenvalue weighted by Crippen LogP contribution is -2.16. The molecular formula is C10H18N4O2. The highest BCUT2D eigenvalue weighted by atomic mass is 16.5. The Morgan fingerprint density at radius 1 is 1.56 bits per heavy atom. The number of aliphatic hydroxyl groups excluding tert-OH is 1. The van der Waals surface area contributed by atoms with Crippen LogP contribution in [-0.2, 0) is 6.42 Å². The summed E-state index contributed by atoms with van der Waals surface area (Å²) in [4.78, 5) is 6.40. The van der Waals surface area contributed by atoms with Crippen LogP contribution in [0.25, 0.3) is 0 Å². The fourth-order valence-corrected chi connectivity index (χ4v) is 1.74. The van der Waals surface area contributed by atoms with Gasteiger partial charge in [0.1, 0.15) is 0 Å². The van der Waals surface area contributed by atoms with Crippen molar-refractivity contribution in [2.75, 3.05) is 27.2 Å². The molecule has 1 aromatic rings. The summed E-state index contributed by atoms with van der Waals surface area (Å²) in [5.74, 6) is 1.32. The van der Waals surface area contributed by atoms with E-state index < -0.39 is 0 Å². The summed E-state index contributed by atoms with van der Waals surface area (Å²) in [5.41, 5.74) is 0. The molecule has 0 saturated carbocycles. The number of nitrogens with one attached hydrogen (secondary N) is 1. The Labute approximate surface area is 94.6 Å². The van der Waals surface area contributed by atoms with E-state index in [1.807, 2.05) is 14.1 Å². The average Bonchev–Trinajstić information content (AvgIpc) is 2.83. The van der Waals surface area contributed by atoms with Gasteiger partial charge in [-0.2, -0.15) is 4.98 Å². The Kier molecular flexibility index (Phi) is 3.52. The first kappa shape index (κ1) is 11.5. The van der Waals surface area contributed by atoms with Gasteiger partial charge in [0.25, 0.3) is 0 Å². The van der Waals surface area contributed by atoms with Crippen molar-refractivity contribution in [1.82, 2.24) is 20.4 Å². The number of β-amino-alcohol motifs (C(OH)–C–C–N with tert-alkyl or cyclic N) is 1. The van der Waals surface area contributed by atoms with Crippen LogP contribution >= 0.6 is 0 Å². The van der Waals surface area contributed by atoms with E-state index in [1.165, 1.54) is 0 Å². The maximum Gasteiger partial charge on any atom is 0.243 e. The van der Waals surface area contributed by atoms with Gasteiger partial charge in [0.15, 0.2) is 5.82 Å². The number of rotatable bonds is 4. The molecule has 0 amide bonds. The van der Waals surface area contributed by atoms with E-state index in [1.54, 1.807) is 0 Å². The number of aromatic nitrogens is 2. The van der Waals surface area contributed by atoms with Crippen molar-refractivity contribution in [2.45, 2.75) is 25.0 Å². The molecule has 90 valence electrons. The summed E-state index contributed by atoms with van der Waals surface area (Å²) < 4.78 is 5.18. The van der Waals surface area contributed by atoms with E-state index in [0.717, 1.165) is 18.8 Å². The minimum Gasteiger partial charge on any atom is -0.392 e. The molecule has 0 aliphatic carbocycles. The van der Waals surface area contributed by atoms with Gasteiger partial charge in [-0.25, -0.2) is 0 Å². The topological polar surface area (TPSA) is 74.4 Å². The predicted octanol–water partition coefficient (Wildman–Crippen LogP) is -0.431. The number of likely N-dealkylation sites (N-methyl/N-ethyl adjacent to an activating group) is 1. The van der Waals surface area contributed by atoms with Gasteiger partial charge in [0.05, 0.1) is 12.1 Å². The SMILES string of the molecule is CN(C)CCc1noc([C@@H]2C[C@H](O)CN2)n1. The zero-order valence-corrected chi connectivity index (χ0v) is 9.68. The Hall–Kier alpha value is -0.980. The van der Waals surface area contributed by atoms with Gasteiger partial charge in [0.2, 0.25) is 5.89 Å². The number of nitrogens with zero attached hydrogens (tertiary/aromatic N) is 3. The molecule has 1 aliphatic rings. The van der Waals surface area contributed by atoms with Crippen LogP contribution in [0.4, 0.5) is 0 Å². The minimum atomic E-state index is -0.304. The van der Waals surface area contributed by atoms with Crippen LogP contribution in [0.5, 0.6) is 0 Å². The summed E-state index contributed by atoms with van der Waals surface area (Å²) >= 11 is 0. The lowest BCUT2D eigenvalue weighted by molar-refractivity contribution is 0.191. The van der Waals surface area contributed by atoms with Crippen LogP contribution in [0, 0.1) is 0 Å². The van der Waals surface area contributed by atoms with Crippen molar-refractivity contribution in [3.63, 3.8) is 0 Å². The normalized spacial score (nSPS) is 25.5. The van der Waals surface area contributed by atoms with Crippen LogP contribution in [0.2, 0.25) is 0 Å². The first-order chi connectivity index (χ1) is 7.65. The van der Waals surface area contributed by atoms with E-state index in [4.69, 9.17) is 4.52 Å². The maximum atomic E-state index is 9.38. The van der Waals surface area contributed by atoms with Gasteiger partial charge in [-0.3, -0.25) is 0 Å². The van der Waals surface area contributed by atoms with Crippen molar-refractivity contribution in [3.8, 4) is 0 Å². The van der Waals surface area contributed by atoms with Crippen molar-refractivity contribution >= 4 is 0 Å². The van der Waals surface area contributed by atoms with Crippen LogP contribution in [0.1, 0.15) is 24.2 Å². The highest BCUT2D eigenvalue weighted by Gasteiger charge is 2.27. The third-order valence-electron chi connectivity index (χ3n) is 2.67. The maximum absolute atomic E-state index is 9.38. The molecule has 1 aliphatic heterocycles. The van der Waals surface area contributed by atoms with Gasteiger partial charge in [-0.1, -0.05) is 5.16 Å². The van der Waals surface area contributed by atoms with Crippen LogP contribution < -0.4 is 5.32 Å². The highest BCUT2D eigenvalue weighted by Crippen LogP contribution is 2.21. The lowest BCUT2D eigenvalue weighted by atomic mass is 10.2. The Morgan fingerprint density at radius 2 is 2.38 bits per heavy atom. The standard InChI is InChI=1S/C10H18N4O2/c1-14(2)4-3-9-12-10(16-13-9)8-5-7(15)6-11-8/h7-8,11,15H,3-6H2,1-2H3/t7-,8-/m0/s1. The van der Waals surface area contributed by atoms with E-state index in [9.17, 15) is 5.11 Å². The van der Waals surface area contributed by atoms with Crippen LogP contribution in [-0.4, -0.2) is 53.4 Å². The van der Waals surface area contributed by atoms with Crippen molar-refractivity contribution in [3.05, 3.63) is 11.7 Å². The molecule has 16 heavy (non-hydrogen) atoms. The fourth-order valence-electron chi connectivity index (χ4n) is 1.74. The van der Waals surface area contributed by atoms with Gasteiger partial charge in [-0.05, 0) is 20.5 Å². The number of aliphatic hydroxyl groups is 1.